The van der Waals surface area contributed by atoms with Crippen LogP contribution in [0.1, 0.15) is 68.6 Å². The molecular formula is C16H23F3N2O2. The van der Waals surface area contributed by atoms with Crippen molar-refractivity contribution in [2.45, 2.75) is 70.9 Å². The van der Waals surface area contributed by atoms with Gasteiger partial charge < -0.3 is 5.11 Å². The lowest BCUT2D eigenvalue weighted by Crippen LogP contribution is -2.13. The third-order valence-corrected chi connectivity index (χ3v) is 3.48. The van der Waals surface area contributed by atoms with Crippen LogP contribution in [0.4, 0.5) is 13.2 Å². The molecule has 0 fully saturated rings. The Bertz CT molecular complexity index is 505. The first-order valence-electron chi connectivity index (χ1n) is 7.92. The first-order valence-corrected chi connectivity index (χ1v) is 7.92. The lowest BCUT2D eigenvalue weighted by atomic mass is 10.1. The van der Waals surface area contributed by atoms with Gasteiger partial charge in [-0.25, -0.2) is 9.97 Å². The number of aromatic nitrogens is 2. The summed E-state index contributed by atoms with van der Waals surface area (Å²) in [6.45, 7) is 1.54. The summed E-state index contributed by atoms with van der Waals surface area (Å²) < 4.78 is 37.9. The van der Waals surface area contributed by atoms with E-state index in [4.69, 9.17) is 5.11 Å². The van der Waals surface area contributed by atoms with Crippen LogP contribution in [0, 0.1) is 6.92 Å². The first-order chi connectivity index (χ1) is 10.8. The Kier molecular flexibility index (Phi) is 7.98. The van der Waals surface area contributed by atoms with E-state index >= 15 is 0 Å². The molecule has 0 aromatic carbocycles. The summed E-state index contributed by atoms with van der Waals surface area (Å²) in [6.07, 6.45) is 2.60. The average molecular weight is 332 g/mol. The minimum absolute atomic E-state index is 0.217. The van der Waals surface area contributed by atoms with Gasteiger partial charge in [-0.2, -0.15) is 13.2 Å². The number of carboxylic acids is 1. The summed E-state index contributed by atoms with van der Waals surface area (Å²) in [5.41, 5.74) is 0.770. The van der Waals surface area contributed by atoms with E-state index in [0.717, 1.165) is 38.5 Å². The van der Waals surface area contributed by atoms with E-state index < -0.39 is 18.0 Å². The minimum atomic E-state index is -4.50. The van der Waals surface area contributed by atoms with Crippen molar-refractivity contribution in [3.05, 3.63) is 23.3 Å². The van der Waals surface area contributed by atoms with Gasteiger partial charge in [-0.3, -0.25) is 4.79 Å². The van der Waals surface area contributed by atoms with Gasteiger partial charge in [-0.1, -0.05) is 32.1 Å². The van der Waals surface area contributed by atoms with Crippen molar-refractivity contribution < 1.29 is 23.1 Å². The molecule has 0 bridgehead atoms. The fraction of sp³-hybridized carbons (Fsp3) is 0.688. The highest BCUT2D eigenvalue weighted by Gasteiger charge is 2.34. The molecule has 0 aliphatic rings. The second-order valence-corrected chi connectivity index (χ2v) is 5.69. The van der Waals surface area contributed by atoms with Crippen molar-refractivity contribution in [2.24, 2.45) is 0 Å². The Morgan fingerprint density at radius 1 is 1.04 bits per heavy atom. The Morgan fingerprint density at radius 3 is 2.17 bits per heavy atom. The van der Waals surface area contributed by atoms with Gasteiger partial charge in [0.1, 0.15) is 0 Å². The molecule has 0 aliphatic carbocycles. The Morgan fingerprint density at radius 2 is 1.61 bits per heavy atom. The number of carbonyl (C=O) groups is 1. The van der Waals surface area contributed by atoms with Crippen molar-refractivity contribution in [2.75, 3.05) is 0 Å². The van der Waals surface area contributed by atoms with E-state index in [0.29, 0.717) is 24.2 Å². The number of halogens is 3. The van der Waals surface area contributed by atoms with Crippen LogP contribution in [-0.2, 0) is 17.4 Å². The van der Waals surface area contributed by atoms with Crippen LogP contribution < -0.4 is 0 Å². The van der Waals surface area contributed by atoms with Gasteiger partial charge in [0.2, 0.25) is 5.82 Å². The molecule has 0 saturated carbocycles. The zero-order chi connectivity index (χ0) is 17.3. The molecule has 0 spiro atoms. The molecule has 0 atom stereocenters. The quantitative estimate of drug-likeness (QED) is 0.638. The van der Waals surface area contributed by atoms with E-state index in [1.807, 2.05) is 0 Å². The van der Waals surface area contributed by atoms with Crippen LogP contribution in [0.2, 0.25) is 0 Å². The van der Waals surface area contributed by atoms with E-state index in [1.54, 1.807) is 6.07 Å². The van der Waals surface area contributed by atoms with Gasteiger partial charge in [-0.15, -0.1) is 0 Å². The molecule has 7 heteroatoms. The van der Waals surface area contributed by atoms with E-state index in [9.17, 15) is 18.0 Å². The number of hydrogen-bond acceptors (Lipinski definition) is 3. The molecule has 1 heterocycles. The first kappa shape index (κ1) is 19.4. The smallest absolute Gasteiger partial charge is 0.451 e. The normalized spacial score (nSPS) is 11.7. The van der Waals surface area contributed by atoms with E-state index in [-0.39, 0.29) is 6.42 Å². The Hall–Kier alpha value is -1.66. The van der Waals surface area contributed by atoms with Crippen LogP contribution in [0.5, 0.6) is 0 Å². The molecule has 0 radical (unpaired) electrons. The number of unbranched alkanes of at least 4 members (excludes halogenated alkanes) is 6. The van der Waals surface area contributed by atoms with E-state index in [1.165, 1.54) is 6.92 Å². The number of carboxylic acid groups (broad SMARTS) is 1. The topological polar surface area (TPSA) is 63.1 Å². The predicted molar refractivity (Wildman–Crippen MR) is 80.0 cm³/mol. The fourth-order valence-corrected chi connectivity index (χ4v) is 2.35. The highest BCUT2D eigenvalue weighted by Crippen LogP contribution is 2.26. The molecule has 0 unspecified atom stereocenters. The molecule has 0 saturated heterocycles. The maximum atomic E-state index is 12.6. The molecule has 23 heavy (non-hydrogen) atoms. The number of aryl methyl sites for hydroxylation is 2. The maximum Gasteiger partial charge on any atom is 0.451 e. The number of nitrogens with zero attached hydrogens (tertiary/aromatic N) is 2. The predicted octanol–water partition coefficient (Wildman–Crippen LogP) is 4.55. The molecule has 1 aromatic rings. The lowest BCUT2D eigenvalue weighted by Gasteiger charge is -2.08. The maximum absolute atomic E-state index is 12.6. The van der Waals surface area contributed by atoms with E-state index in [2.05, 4.69) is 9.97 Å². The van der Waals surface area contributed by atoms with Gasteiger partial charge in [-0.05, 0) is 32.3 Å². The van der Waals surface area contributed by atoms with Crippen molar-refractivity contribution >= 4 is 5.97 Å². The third-order valence-electron chi connectivity index (χ3n) is 3.48. The van der Waals surface area contributed by atoms with Crippen LogP contribution in [0.15, 0.2) is 6.07 Å². The van der Waals surface area contributed by atoms with Gasteiger partial charge in [0.25, 0.3) is 0 Å². The molecule has 130 valence electrons. The van der Waals surface area contributed by atoms with Gasteiger partial charge >= 0.3 is 12.1 Å². The summed E-state index contributed by atoms with van der Waals surface area (Å²) in [5.74, 6) is -1.82. The van der Waals surface area contributed by atoms with Crippen molar-refractivity contribution in [1.29, 1.82) is 0 Å². The second kappa shape index (κ2) is 9.47. The number of alkyl halides is 3. The van der Waals surface area contributed by atoms with Crippen LogP contribution >= 0.6 is 0 Å². The SMILES string of the molecule is Cc1cc(CCCCCCCCCC(=O)O)nc(C(F)(F)F)n1. The third kappa shape index (κ3) is 8.52. The van der Waals surface area contributed by atoms with Gasteiger partial charge in [0, 0.05) is 17.8 Å². The minimum Gasteiger partial charge on any atom is -0.481 e. The number of aliphatic carboxylic acids is 1. The summed E-state index contributed by atoms with van der Waals surface area (Å²) in [5, 5.41) is 8.50. The molecule has 1 rings (SSSR count). The molecule has 1 N–H and O–H groups in total. The van der Waals surface area contributed by atoms with Gasteiger partial charge in [0.15, 0.2) is 0 Å². The van der Waals surface area contributed by atoms with Gasteiger partial charge in [0.05, 0.1) is 0 Å². The zero-order valence-electron chi connectivity index (χ0n) is 13.3. The highest BCUT2D eigenvalue weighted by atomic mass is 19.4. The molecule has 4 nitrogen and oxygen atoms in total. The van der Waals surface area contributed by atoms with Crippen molar-refractivity contribution in [3.8, 4) is 0 Å². The van der Waals surface area contributed by atoms with Crippen LogP contribution in [0.25, 0.3) is 0 Å². The fourth-order valence-electron chi connectivity index (χ4n) is 2.35. The second-order valence-electron chi connectivity index (χ2n) is 5.69. The zero-order valence-corrected chi connectivity index (χ0v) is 13.3. The molecule has 1 aromatic heterocycles. The average Bonchev–Trinajstić information content (AvgIpc) is 2.43. The van der Waals surface area contributed by atoms with Crippen LogP contribution in [0.3, 0.4) is 0 Å². The molecule has 0 aliphatic heterocycles. The summed E-state index contributed by atoms with van der Waals surface area (Å²) in [6, 6.07) is 1.60. The number of hydrogen-bond donors (Lipinski definition) is 1. The monoisotopic (exact) mass is 332 g/mol. The van der Waals surface area contributed by atoms with Crippen LogP contribution in [-0.4, -0.2) is 21.0 Å². The summed E-state index contributed by atoms with van der Waals surface area (Å²) >= 11 is 0. The lowest BCUT2D eigenvalue weighted by molar-refractivity contribution is -0.145. The largest absolute Gasteiger partial charge is 0.481 e. The van der Waals surface area contributed by atoms with Crippen molar-refractivity contribution in [1.82, 2.24) is 9.97 Å². The Labute approximate surface area is 134 Å². The van der Waals surface area contributed by atoms with Crippen molar-refractivity contribution in [3.63, 3.8) is 0 Å². The summed E-state index contributed by atoms with van der Waals surface area (Å²) in [4.78, 5) is 17.4. The Balaban J connectivity index is 2.21. The highest BCUT2D eigenvalue weighted by molar-refractivity contribution is 5.66. The summed E-state index contributed by atoms with van der Waals surface area (Å²) in [7, 11) is 0. The molecule has 0 amide bonds. The number of rotatable bonds is 10. The molecular weight excluding hydrogens is 309 g/mol. The standard InChI is InChI=1S/C16H23F3N2O2/c1-12-11-13(21-15(20-12)16(17,18)19)9-7-5-3-2-4-6-8-10-14(22)23/h11H,2-10H2,1H3,(H,22,23).